The zero-order chi connectivity index (χ0) is 14.7. The number of hydrogen-bond donors (Lipinski definition) is 4. The summed E-state index contributed by atoms with van der Waals surface area (Å²) in [6.45, 7) is 0. The molecule has 0 radical (unpaired) electrons. The predicted molar refractivity (Wildman–Crippen MR) is 68.9 cm³/mol. The minimum Gasteiger partial charge on any atom is -0.504 e. The Morgan fingerprint density at radius 1 is 1.10 bits per heavy atom. The van der Waals surface area contributed by atoms with Crippen molar-refractivity contribution in [1.29, 1.82) is 0 Å². The normalized spacial score (nSPS) is 10.0. The summed E-state index contributed by atoms with van der Waals surface area (Å²) in [6.07, 6.45) is 1.30. The third-order valence-electron chi connectivity index (χ3n) is 2.50. The summed E-state index contributed by atoms with van der Waals surface area (Å²) in [7, 11) is 0. The van der Waals surface area contributed by atoms with Crippen LogP contribution in [0.2, 0.25) is 0 Å². The number of aromatic hydroxyl groups is 2. The number of carbonyl (C=O) groups excluding carboxylic acids is 1. The Balaban J connectivity index is 2.28. The van der Waals surface area contributed by atoms with Gasteiger partial charge in [-0.1, -0.05) is 0 Å². The van der Waals surface area contributed by atoms with Gasteiger partial charge in [0.2, 0.25) is 0 Å². The number of pyridine rings is 1. The van der Waals surface area contributed by atoms with Gasteiger partial charge in [-0.15, -0.1) is 0 Å². The minimum atomic E-state index is -1.27. The quantitative estimate of drug-likeness (QED) is 0.629. The van der Waals surface area contributed by atoms with E-state index in [2.05, 4.69) is 10.3 Å². The standard InChI is InChI=1S/C13H10N2O5/c16-9-4-3-7(6-10(9)17)12(18)15-8-2-1-5-14-11(8)13(19)20/h1-6,16-17H,(H,15,18)(H,19,20). The summed E-state index contributed by atoms with van der Waals surface area (Å²) in [6, 6.07) is 6.40. The average molecular weight is 274 g/mol. The molecule has 0 aliphatic carbocycles. The highest BCUT2D eigenvalue weighted by Gasteiger charge is 2.15. The third-order valence-corrected chi connectivity index (χ3v) is 2.50. The molecule has 7 heteroatoms. The van der Waals surface area contributed by atoms with Crippen LogP contribution in [0.1, 0.15) is 20.8 Å². The van der Waals surface area contributed by atoms with Crippen LogP contribution in [0.25, 0.3) is 0 Å². The zero-order valence-electron chi connectivity index (χ0n) is 10.1. The van der Waals surface area contributed by atoms with Gasteiger partial charge in [0, 0.05) is 11.8 Å². The van der Waals surface area contributed by atoms with Gasteiger partial charge < -0.3 is 20.6 Å². The Morgan fingerprint density at radius 2 is 1.85 bits per heavy atom. The van der Waals surface area contributed by atoms with E-state index in [4.69, 9.17) is 10.2 Å². The van der Waals surface area contributed by atoms with Gasteiger partial charge in [-0.25, -0.2) is 9.78 Å². The summed E-state index contributed by atoms with van der Waals surface area (Å²) >= 11 is 0. The summed E-state index contributed by atoms with van der Waals surface area (Å²) in [5.74, 6) is -2.69. The molecule has 0 fully saturated rings. The zero-order valence-corrected chi connectivity index (χ0v) is 10.1. The van der Waals surface area contributed by atoms with Crippen LogP contribution in [0, 0.1) is 0 Å². The van der Waals surface area contributed by atoms with E-state index in [-0.39, 0.29) is 22.7 Å². The van der Waals surface area contributed by atoms with Crippen LogP contribution in [-0.2, 0) is 0 Å². The second kappa shape index (κ2) is 5.27. The van der Waals surface area contributed by atoms with E-state index >= 15 is 0 Å². The van der Waals surface area contributed by atoms with Crippen molar-refractivity contribution in [2.75, 3.05) is 5.32 Å². The molecule has 0 atom stereocenters. The summed E-state index contributed by atoms with van der Waals surface area (Å²) in [4.78, 5) is 26.5. The SMILES string of the molecule is O=C(Nc1cccnc1C(=O)O)c1ccc(O)c(O)c1. The van der Waals surface area contributed by atoms with Gasteiger partial charge in [-0.2, -0.15) is 0 Å². The fourth-order valence-corrected chi connectivity index (χ4v) is 1.54. The van der Waals surface area contributed by atoms with Crippen LogP contribution in [0.15, 0.2) is 36.5 Å². The van der Waals surface area contributed by atoms with Crippen molar-refractivity contribution in [1.82, 2.24) is 4.98 Å². The monoisotopic (exact) mass is 274 g/mol. The number of phenolic OH excluding ortho intramolecular Hbond substituents is 2. The average Bonchev–Trinajstić information content (AvgIpc) is 2.42. The lowest BCUT2D eigenvalue weighted by atomic mass is 10.2. The van der Waals surface area contributed by atoms with Crippen LogP contribution < -0.4 is 5.32 Å². The Labute approximate surface area is 113 Å². The molecule has 102 valence electrons. The van der Waals surface area contributed by atoms with Crippen LogP contribution in [0.5, 0.6) is 11.5 Å². The van der Waals surface area contributed by atoms with Gasteiger partial charge in [0.25, 0.3) is 5.91 Å². The van der Waals surface area contributed by atoms with Crippen molar-refractivity contribution in [3.8, 4) is 11.5 Å². The van der Waals surface area contributed by atoms with E-state index in [1.165, 1.54) is 24.4 Å². The number of carbonyl (C=O) groups is 2. The Morgan fingerprint density at radius 3 is 2.50 bits per heavy atom. The van der Waals surface area contributed by atoms with Gasteiger partial charge in [-0.3, -0.25) is 4.79 Å². The molecule has 0 saturated heterocycles. The number of hydrogen-bond acceptors (Lipinski definition) is 5. The van der Waals surface area contributed by atoms with Crippen molar-refractivity contribution in [3.05, 3.63) is 47.8 Å². The van der Waals surface area contributed by atoms with E-state index < -0.39 is 17.6 Å². The van der Waals surface area contributed by atoms with Crippen LogP contribution in [-0.4, -0.2) is 32.2 Å². The molecule has 4 N–H and O–H groups in total. The molecule has 7 nitrogen and oxygen atoms in total. The van der Waals surface area contributed by atoms with Crippen molar-refractivity contribution in [2.45, 2.75) is 0 Å². The first-order valence-electron chi connectivity index (χ1n) is 5.50. The third kappa shape index (κ3) is 2.66. The van der Waals surface area contributed by atoms with Gasteiger partial charge >= 0.3 is 5.97 Å². The molecule has 1 heterocycles. The number of phenols is 2. The van der Waals surface area contributed by atoms with E-state index in [9.17, 15) is 14.7 Å². The van der Waals surface area contributed by atoms with Crippen LogP contribution in [0.3, 0.4) is 0 Å². The molecule has 0 unspecified atom stereocenters. The number of aromatic nitrogens is 1. The van der Waals surface area contributed by atoms with Gasteiger partial charge in [0.15, 0.2) is 17.2 Å². The molecule has 1 amide bonds. The van der Waals surface area contributed by atoms with E-state index in [1.807, 2.05) is 0 Å². The number of carboxylic acid groups (broad SMARTS) is 1. The topological polar surface area (TPSA) is 120 Å². The molecule has 2 aromatic rings. The maximum atomic E-state index is 11.9. The predicted octanol–water partition coefficient (Wildman–Crippen LogP) is 1.44. The number of anilines is 1. The summed E-state index contributed by atoms with van der Waals surface area (Å²) < 4.78 is 0. The molecule has 0 aliphatic heterocycles. The summed E-state index contributed by atoms with van der Waals surface area (Å²) in [5.41, 5.74) is -0.179. The van der Waals surface area contributed by atoms with Gasteiger partial charge in [0.05, 0.1) is 5.69 Å². The highest BCUT2D eigenvalue weighted by Crippen LogP contribution is 2.25. The molecular weight excluding hydrogens is 264 g/mol. The molecular formula is C13H10N2O5. The van der Waals surface area contributed by atoms with E-state index in [1.54, 1.807) is 0 Å². The smallest absolute Gasteiger partial charge is 0.356 e. The maximum absolute atomic E-state index is 11.9. The van der Waals surface area contributed by atoms with Crippen molar-refractivity contribution in [3.63, 3.8) is 0 Å². The van der Waals surface area contributed by atoms with Gasteiger partial charge in [-0.05, 0) is 30.3 Å². The highest BCUT2D eigenvalue weighted by molar-refractivity contribution is 6.07. The summed E-state index contributed by atoms with van der Waals surface area (Å²) in [5, 5.41) is 29.8. The van der Waals surface area contributed by atoms with Crippen LogP contribution >= 0.6 is 0 Å². The maximum Gasteiger partial charge on any atom is 0.356 e. The first kappa shape index (κ1) is 13.3. The van der Waals surface area contributed by atoms with Crippen molar-refractivity contribution < 1.29 is 24.9 Å². The van der Waals surface area contributed by atoms with Gasteiger partial charge in [0.1, 0.15) is 0 Å². The van der Waals surface area contributed by atoms with Crippen molar-refractivity contribution >= 4 is 17.6 Å². The molecule has 2 rings (SSSR count). The second-order valence-corrected chi connectivity index (χ2v) is 3.86. The minimum absolute atomic E-state index is 0.0394. The number of carboxylic acids is 1. The molecule has 1 aromatic carbocycles. The van der Waals surface area contributed by atoms with E-state index in [0.29, 0.717) is 0 Å². The number of aromatic carboxylic acids is 1. The largest absolute Gasteiger partial charge is 0.504 e. The fourth-order valence-electron chi connectivity index (χ4n) is 1.54. The highest BCUT2D eigenvalue weighted by atomic mass is 16.4. The number of amides is 1. The second-order valence-electron chi connectivity index (χ2n) is 3.86. The fraction of sp³-hybridized carbons (Fsp3) is 0. The molecule has 0 spiro atoms. The first-order valence-corrected chi connectivity index (χ1v) is 5.50. The van der Waals surface area contributed by atoms with Crippen LogP contribution in [0.4, 0.5) is 5.69 Å². The molecule has 0 bridgehead atoms. The number of nitrogens with zero attached hydrogens (tertiary/aromatic N) is 1. The lowest BCUT2D eigenvalue weighted by Gasteiger charge is -2.08. The molecule has 0 aliphatic rings. The number of benzene rings is 1. The molecule has 0 saturated carbocycles. The molecule has 20 heavy (non-hydrogen) atoms. The Hall–Kier alpha value is -3.09. The lowest BCUT2D eigenvalue weighted by molar-refractivity contribution is 0.0691. The molecule has 1 aromatic heterocycles. The Bertz CT molecular complexity index is 684. The first-order chi connectivity index (χ1) is 9.49. The lowest BCUT2D eigenvalue weighted by Crippen LogP contribution is -2.15. The van der Waals surface area contributed by atoms with Crippen molar-refractivity contribution in [2.24, 2.45) is 0 Å². The Kier molecular flexibility index (Phi) is 3.52. The number of nitrogens with one attached hydrogen (secondary N) is 1. The number of rotatable bonds is 3. The van der Waals surface area contributed by atoms with E-state index in [0.717, 1.165) is 12.1 Å².